The van der Waals surface area contributed by atoms with E-state index >= 15 is 0 Å². The number of hydrogen-bond acceptors (Lipinski definition) is 2. The van der Waals surface area contributed by atoms with E-state index in [4.69, 9.17) is 17.3 Å². The predicted octanol–water partition coefficient (Wildman–Crippen LogP) is 3.37. The minimum atomic E-state index is -0.536. The molecule has 3 rings (SSSR count). The summed E-state index contributed by atoms with van der Waals surface area (Å²) in [7, 11) is 0. The van der Waals surface area contributed by atoms with Gasteiger partial charge in [0, 0.05) is 10.7 Å². The van der Waals surface area contributed by atoms with Crippen LogP contribution in [0.2, 0.25) is 5.02 Å². The summed E-state index contributed by atoms with van der Waals surface area (Å²) in [6.45, 7) is 4.09. The molecule has 21 heavy (non-hydrogen) atoms. The molecule has 1 aliphatic rings. The van der Waals surface area contributed by atoms with Gasteiger partial charge in [0.05, 0.1) is 6.04 Å². The summed E-state index contributed by atoms with van der Waals surface area (Å²) in [6.07, 6.45) is 0. The fourth-order valence-corrected chi connectivity index (χ4v) is 2.97. The first kappa shape index (κ1) is 14.1. The lowest BCUT2D eigenvalue weighted by Crippen LogP contribution is -2.63. The van der Waals surface area contributed by atoms with Crippen LogP contribution in [0.5, 0.6) is 0 Å². The average molecular weight is 301 g/mol. The van der Waals surface area contributed by atoms with E-state index < -0.39 is 6.04 Å². The third kappa shape index (κ3) is 2.23. The highest BCUT2D eigenvalue weighted by atomic mass is 35.5. The Morgan fingerprint density at radius 3 is 2.48 bits per heavy atom. The van der Waals surface area contributed by atoms with Crippen molar-refractivity contribution in [1.82, 2.24) is 0 Å². The molecule has 0 aromatic heterocycles. The number of amides is 1. The van der Waals surface area contributed by atoms with Crippen LogP contribution in [0.3, 0.4) is 0 Å². The zero-order valence-electron chi connectivity index (χ0n) is 12.0. The number of benzene rings is 2. The maximum absolute atomic E-state index is 12.2. The van der Waals surface area contributed by atoms with Crippen LogP contribution in [0.1, 0.15) is 22.7 Å². The maximum Gasteiger partial charge on any atom is 0.247 e. The predicted molar refractivity (Wildman–Crippen MR) is 85.6 cm³/mol. The molecule has 0 aliphatic carbocycles. The van der Waals surface area contributed by atoms with E-state index in [9.17, 15) is 4.79 Å². The molecule has 4 heteroatoms. The number of aryl methyl sites for hydroxylation is 2. The second kappa shape index (κ2) is 5.17. The van der Waals surface area contributed by atoms with E-state index in [1.807, 2.05) is 56.3 Å². The molecule has 2 aromatic carbocycles. The van der Waals surface area contributed by atoms with Crippen molar-refractivity contribution in [2.45, 2.75) is 25.9 Å². The van der Waals surface area contributed by atoms with Gasteiger partial charge < -0.3 is 10.6 Å². The topological polar surface area (TPSA) is 46.3 Å². The molecule has 3 nitrogen and oxygen atoms in total. The summed E-state index contributed by atoms with van der Waals surface area (Å²) in [5.74, 6) is -0.0665. The average Bonchev–Trinajstić information content (AvgIpc) is 2.48. The number of carbonyl (C=O) groups is 1. The van der Waals surface area contributed by atoms with E-state index in [1.54, 1.807) is 4.90 Å². The monoisotopic (exact) mass is 300 g/mol. The zero-order valence-corrected chi connectivity index (χ0v) is 12.8. The normalized spacial score (nSPS) is 21.3. The number of nitrogens with two attached hydrogens (primary N) is 1. The number of nitrogens with zero attached hydrogens (tertiary/aromatic N) is 1. The van der Waals surface area contributed by atoms with Crippen molar-refractivity contribution in [3.05, 3.63) is 64.2 Å². The van der Waals surface area contributed by atoms with Crippen LogP contribution in [0.25, 0.3) is 0 Å². The summed E-state index contributed by atoms with van der Waals surface area (Å²) in [5.41, 5.74) is 10.1. The van der Waals surface area contributed by atoms with Gasteiger partial charge in [-0.2, -0.15) is 0 Å². The van der Waals surface area contributed by atoms with Gasteiger partial charge in [-0.15, -0.1) is 0 Å². The minimum absolute atomic E-state index is 0.0665. The lowest BCUT2D eigenvalue weighted by molar-refractivity contribution is -0.126. The van der Waals surface area contributed by atoms with Gasteiger partial charge in [-0.3, -0.25) is 4.79 Å². The number of rotatable bonds is 2. The largest absolute Gasteiger partial charge is 0.318 e. The van der Waals surface area contributed by atoms with Crippen LogP contribution in [-0.4, -0.2) is 11.9 Å². The fourth-order valence-electron chi connectivity index (χ4n) is 2.72. The fraction of sp³-hybridized carbons (Fsp3) is 0.235. The number of anilines is 1. The van der Waals surface area contributed by atoms with E-state index in [2.05, 4.69) is 0 Å². The van der Waals surface area contributed by atoms with Crippen LogP contribution >= 0.6 is 11.6 Å². The molecule has 2 aromatic rings. The molecule has 1 heterocycles. The number of β-lactam (4-membered cyclic amide) rings is 1. The molecule has 108 valence electrons. The Morgan fingerprint density at radius 1 is 1.10 bits per heavy atom. The smallest absolute Gasteiger partial charge is 0.247 e. The third-order valence-corrected chi connectivity index (χ3v) is 4.48. The summed E-state index contributed by atoms with van der Waals surface area (Å²) in [5, 5.41) is 0.638. The van der Waals surface area contributed by atoms with Crippen molar-refractivity contribution in [2.24, 2.45) is 5.73 Å². The lowest BCUT2D eigenvalue weighted by Gasteiger charge is -2.46. The highest BCUT2D eigenvalue weighted by Gasteiger charge is 2.47. The zero-order chi connectivity index (χ0) is 15.1. The Morgan fingerprint density at radius 2 is 1.81 bits per heavy atom. The van der Waals surface area contributed by atoms with Gasteiger partial charge in [0.15, 0.2) is 0 Å². The van der Waals surface area contributed by atoms with Crippen LogP contribution in [-0.2, 0) is 4.79 Å². The second-order valence-electron chi connectivity index (χ2n) is 5.47. The Kier molecular flexibility index (Phi) is 3.47. The van der Waals surface area contributed by atoms with Gasteiger partial charge in [0.2, 0.25) is 5.91 Å². The van der Waals surface area contributed by atoms with Gasteiger partial charge in [0.25, 0.3) is 0 Å². The van der Waals surface area contributed by atoms with Gasteiger partial charge >= 0.3 is 0 Å². The van der Waals surface area contributed by atoms with Crippen LogP contribution in [0, 0.1) is 13.8 Å². The molecular formula is C17H17ClN2O. The van der Waals surface area contributed by atoms with Crippen molar-refractivity contribution >= 4 is 23.2 Å². The van der Waals surface area contributed by atoms with Gasteiger partial charge in [-0.1, -0.05) is 35.9 Å². The molecule has 0 spiro atoms. The molecule has 0 radical (unpaired) electrons. The molecule has 2 unspecified atom stereocenters. The SMILES string of the molecule is Cc1ccc(N2C(=O)C(N)C2c2ccccc2Cl)cc1C. The first-order chi connectivity index (χ1) is 10.0. The highest BCUT2D eigenvalue weighted by Crippen LogP contribution is 2.40. The molecule has 0 bridgehead atoms. The molecule has 1 aliphatic heterocycles. The minimum Gasteiger partial charge on any atom is -0.318 e. The first-order valence-electron chi connectivity index (χ1n) is 6.91. The second-order valence-corrected chi connectivity index (χ2v) is 5.88. The van der Waals surface area contributed by atoms with Gasteiger partial charge in [-0.25, -0.2) is 0 Å². The summed E-state index contributed by atoms with van der Waals surface area (Å²) in [6, 6.07) is 12.8. The van der Waals surface area contributed by atoms with Crippen molar-refractivity contribution in [3.8, 4) is 0 Å². The van der Waals surface area contributed by atoms with E-state index in [0.29, 0.717) is 5.02 Å². The summed E-state index contributed by atoms with van der Waals surface area (Å²) < 4.78 is 0. The molecule has 1 fully saturated rings. The quantitative estimate of drug-likeness (QED) is 0.864. The Labute approximate surface area is 129 Å². The molecule has 1 amide bonds. The lowest BCUT2D eigenvalue weighted by atomic mass is 9.88. The van der Waals surface area contributed by atoms with E-state index in [0.717, 1.165) is 16.8 Å². The van der Waals surface area contributed by atoms with Crippen molar-refractivity contribution in [3.63, 3.8) is 0 Å². The number of carbonyl (C=O) groups excluding carboxylic acids is 1. The Bertz CT molecular complexity index is 714. The van der Waals surface area contributed by atoms with Crippen molar-refractivity contribution in [2.75, 3.05) is 4.90 Å². The van der Waals surface area contributed by atoms with Crippen LogP contribution in [0.4, 0.5) is 5.69 Å². The van der Waals surface area contributed by atoms with Gasteiger partial charge in [0.1, 0.15) is 6.04 Å². The summed E-state index contributed by atoms with van der Waals surface area (Å²) >= 11 is 6.26. The Hall–Kier alpha value is -1.84. The molecule has 1 saturated heterocycles. The van der Waals surface area contributed by atoms with E-state index in [1.165, 1.54) is 5.56 Å². The third-order valence-electron chi connectivity index (χ3n) is 4.13. The van der Waals surface area contributed by atoms with Crippen molar-refractivity contribution < 1.29 is 4.79 Å². The van der Waals surface area contributed by atoms with Crippen LogP contribution in [0.15, 0.2) is 42.5 Å². The standard InChI is InChI=1S/C17H17ClN2O/c1-10-7-8-12(9-11(10)2)20-16(15(19)17(20)21)13-5-3-4-6-14(13)18/h3-9,15-16H,19H2,1-2H3. The number of halogens is 1. The van der Waals surface area contributed by atoms with Crippen molar-refractivity contribution in [1.29, 1.82) is 0 Å². The molecule has 0 saturated carbocycles. The highest BCUT2D eigenvalue weighted by molar-refractivity contribution is 6.31. The first-order valence-corrected chi connectivity index (χ1v) is 7.29. The molecule has 2 atom stereocenters. The van der Waals surface area contributed by atoms with Gasteiger partial charge in [-0.05, 0) is 48.7 Å². The maximum atomic E-state index is 12.2. The molecule has 2 N–H and O–H groups in total. The van der Waals surface area contributed by atoms with Crippen LogP contribution < -0.4 is 10.6 Å². The molecular weight excluding hydrogens is 284 g/mol. The van der Waals surface area contributed by atoms with E-state index in [-0.39, 0.29) is 11.9 Å². The number of hydrogen-bond donors (Lipinski definition) is 1. The summed E-state index contributed by atoms with van der Waals surface area (Å²) in [4.78, 5) is 13.9. The Balaban J connectivity index is 2.02.